The molecule has 0 unspecified atom stereocenters. The molecule has 0 spiro atoms. The molecule has 1 aliphatic rings. The SMILES string of the molecule is O=C(NC1CCCC1)c1ccc(F)cc1[N+](=O)[O-]. The number of nitrogens with zero attached hydrogens (tertiary/aromatic N) is 1. The van der Waals surface area contributed by atoms with Crippen LogP contribution in [0.25, 0.3) is 0 Å². The molecule has 1 N–H and O–H groups in total. The van der Waals surface area contributed by atoms with Gasteiger partial charge in [-0.15, -0.1) is 0 Å². The molecule has 1 aromatic carbocycles. The Morgan fingerprint density at radius 3 is 2.67 bits per heavy atom. The van der Waals surface area contributed by atoms with E-state index in [-0.39, 0.29) is 11.6 Å². The van der Waals surface area contributed by atoms with Gasteiger partial charge in [0.15, 0.2) is 0 Å². The van der Waals surface area contributed by atoms with Crippen LogP contribution in [0.3, 0.4) is 0 Å². The fourth-order valence-electron chi connectivity index (χ4n) is 2.18. The minimum absolute atomic E-state index is 0.0714. The topological polar surface area (TPSA) is 72.2 Å². The van der Waals surface area contributed by atoms with Crippen molar-refractivity contribution < 1.29 is 14.1 Å². The Labute approximate surface area is 103 Å². The number of carbonyl (C=O) groups is 1. The van der Waals surface area contributed by atoms with Crippen LogP contribution in [0.4, 0.5) is 10.1 Å². The highest BCUT2D eigenvalue weighted by atomic mass is 19.1. The zero-order valence-corrected chi connectivity index (χ0v) is 9.69. The zero-order chi connectivity index (χ0) is 13.1. The van der Waals surface area contributed by atoms with E-state index in [1.807, 2.05) is 0 Å². The molecule has 6 heteroatoms. The molecule has 96 valence electrons. The predicted octanol–water partition coefficient (Wildman–Crippen LogP) is 2.41. The molecule has 1 aliphatic carbocycles. The van der Waals surface area contributed by atoms with E-state index in [0.717, 1.165) is 43.9 Å². The third-order valence-electron chi connectivity index (χ3n) is 3.09. The van der Waals surface area contributed by atoms with Gasteiger partial charge in [-0.25, -0.2) is 4.39 Å². The van der Waals surface area contributed by atoms with Gasteiger partial charge < -0.3 is 5.32 Å². The third kappa shape index (κ3) is 2.64. The fraction of sp³-hybridized carbons (Fsp3) is 0.417. The molecule has 0 atom stereocenters. The lowest BCUT2D eigenvalue weighted by molar-refractivity contribution is -0.385. The van der Waals surface area contributed by atoms with E-state index in [9.17, 15) is 19.3 Å². The highest BCUT2D eigenvalue weighted by molar-refractivity contribution is 5.98. The summed E-state index contributed by atoms with van der Waals surface area (Å²) < 4.78 is 12.9. The van der Waals surface area contributed by atoms with Crippen molar-refractivity contribution >= 4 is 11.6 Å². The van der Waals surface area contributed by atoms with Crippen molar-refractivity contribution in [1.82, 2.24) is 5.32 Å². The summed E-state index contributed by atoms with van der Waals surface area (Å²) in [6, 6.07) is 3.04. The van der Waals surface area contributed by atoms with Crippen LogP contribution in [0.5, 0.6) is 0 Å². The number of benzene rings is 1. The number of amides is 1. The van der Waals surface area contributed by atoms with Crippen molar-refractivity contribution in [2.75, 3.05) is 0 Å². The Kier molecular flexibility index (Phi) is 3.55. The summed E-state index contributed by atoms with van der Waals surface area (Å²) in [5.41, 5.74) is -0.584. The molecule has 1 saturated carbocycles. The summed E-state index contributed by atoms with van der Waals surface area (Å²) in [6.07, 6.45) is 3.88. The Hall–Kier alpha value is -1.98. The molecule has 0 heterocycles. The van der Waals surface area contributed by atoms with Crippen molar-refractivity contribution in [2.24, 2.45) is 0 Å². The molecule has 1 aromatic rings. The highest BCUT2D eigenvalue weighted by Gasteiger charge is 2.24. The van der Waals surface area contributed by atoms with Gasteiger partial charge in [0, 0.05) is 6.04 Å². The first kappa shape index (κ1) is 12.5. The third-order valence-corrected chi connectivity index (χ3v) is 3.09. The number of nitrogens with one attached hydrogen (secondary N) is 1. The normalized spacial score (nSPS) is 15.6. The molecule has 0 aliphatic heterocycles. The molecule has 0 radical (unpaired) electrons. The van der Waals surface area contributed by atoms with Gasteiger partial charge in [0.1, 0.15) is 11.4 Å². The van der Waals surface area contributed by atoms with Crippen molar-refractivity contribution in [3.05, 3.63) is 39.7 Å². The van der Waals surface area contributed by atoms with Crippen molar-refractivity contribution in [2.45, 2.75) is 31.7 Å². The van der Waals surface area contributed by atoms with E-state index in [2.05, 4.69) is 5.32 Å². The molecule has 0 aromatic heterocycles. The number of nitro benzene ring substituents is 1. The van der Waals surface area contributed by atoms with Gasteiger partial charge in [-0.2, -0.15) is 0 Å². The van der Waals surface area contributed by atoms with Gasteiger partial charge in [-0.3, -0.25) is 14.9 Å². The summed E-state index contributed by atoms with van der Waals surface area (Å²) in [5, 5.41) is 13.5. The Bertz CT molecular complexity index is 484. The number of hydrogen-bond acceptors (Lipinski definition) is 3. The van der Waals surface area contributed by atoms with E-state index in [0.29, 0.717) is 0 Å². The Balaban J connectivity index is 2.20. The van der Waals surface area contributed by atoms with Crippen LogP contribution in [-0.2, 0) is 0 Å². The van der Waals surface area contributed by atoms with Gasteiger partial charge in [0.25, 0.3) is 11.6 Å². The van der Waals surface area contributed by atoms with E-state index >= 15 is 0 Å². The lowest BCUT2D eigenvalue weighted by atomic mass is 10.1. The van der Waals surface area contributed by atoms with Crippen LogP contribution in [-0.4, -0.2) is 16.9 Å². The van der Waals surface area contributed by atoms with Crippen LogP contribution >= 0.6 is 0 Å². The number of rotatable bonds is 3. The Morgan fingerprint density at radius 2 is 2.06 bits per heavy atom. The molecule has 0 bridgehead atoms. The molecule has 0 saturated heterocycles. The highest BCUT2D eigenvalue weighted by Crippen LogP contribution is 2.22. The summed E-state index contributed by atoms with van der Waals surface area (Å²) in [7, 11) is 0. The van der Waals surface area contributed by atoms with Crippen molar-refractivity contribution in [1.29, 1.82) is 0 Å². The molecule has 18 heavy (non-hydrogen) atoms. The van der Waals surface area contributed by atoms with Crippen LogP contribution in [0.15, 0.2) is 18.2 Å². The van der Waals surface area contributed by atoms with E-state index in [4.69, 9.17) is 0 Å². The maximum Gasteiger partial charge on any atom is 0.285 e. The van der Waals surface area contributed by atoms with Gasteiger partial charge in [-0.05, 0) is 25.0 Å². The first-order valence-electron chi connectivity index (χ1n) is 5.83. The molecule has 5 nitrogen and oxygen atoms in total. The largest absolute Gasteiger partial charge is 0.349 e. The van der Waals surface area contributed by atoms with Gasteiger partial charge in [0.05, 0.1) is 11.0 Å². The van der Waals surface area contributed by atoms with Gasteiger partial charge in [0.2, 0.25) is 0 Å². The number of carbonyl (C=O) groups excluding carboxylic acids is 1. The number of nitro groups is 1. The number of halogens is 1. The van der Waals surface area contributed by atoms with Crippen LogP contribution in [0.2, 0.25) is 0 Å². The summed E-state index contributed by atoms with van der Waals surface area (Å²) in [6.45, 7) is 0. The second kappa shape index (κ2) is 5.12. The van der Waals surface area contributed by atoms with Crippen molar-refractivity contribution in [3.63, 3.8) is 0 Å². The van der Waals surface area contributed by atoms with Crippen LogP contribution in [0, 0.1) is 15.9 Å². The maximum atomic E-state index is 12.9. The monoisotopic (exact) mass is 252 g/mol. The summed E-state index contributed by atoms with van der Waals surface area (Å²) in [4.78, 5) is 21.9. The minimum Gasteiger partial charge on any atom is -0.349 e. The molecule has 1 fully saturated rings. The van der Waals surface area contributed by atoms with Crippen LogP contribution in [0.1, 0.15) is 36.0 Å². The smallest absolute Gasteiger partial charge is 0.285 e. The van der Waals surface area contributed by atoms with Gasteiger partial charge in [-0.1, -0.05) is 12.8 Å². The number of hydrogen-bond donors (Lipinski definition) is 1. The quantitative estimate of drug-likeness (QED) is 0.663. The van der Waals surface area contributed by atoms with Crippen molar-refractivity contribution in [3.8, 4) is 0 Å². The predicted molar refractivity (Wildman–Crippen MR) is 62.8 cm³/mol. The lowest BCUT2D eigenvalue weighted by Crippen LogP contribution is -2.33. The van der Waals surface area contributed by atoms with E-state index in [1.54, 1.807) is 0 Å². The fourth-order valence-corrected chi connectivity index (χ4v) is 2.18. The molecular weight excluding hydrogens is 239 g/mol. The van der Waals surface area contributed by atoms with Crippen LogP contribution < -0.4 is 5.32 Å². The average molecular weight is 252 g/mol. The molecule has 1 amide bonds. The second-order valence-corrected chi connectivity index (χ2v) is 4.37. The molecular formula is C12H13FN2O3. The first-order chi connectivity index (χ1) is 8.58. The lowest BCUT2D eigenvalue weighted by Gasteiger charge is -2.11. The minimum atomic E-state index is -0.743. The summed E-state index contributed by atoms with van der Waals surface area (Å²) in [5.74, 6) is -1.23. The van der Waals surface area contributed by atoms with E-state index in [1.165, 1.54) is 0 Å². The first-order valence-corrected chi connectivity index (χ1v) is 5.83. The standard InChI is InChI=1S/C12H13FN2O3/c13-8-5-6-10(11(7-8)15(17)18)12(16)14-9-3-1-2-4-9/h5-7,9H,1-4H2,(H,14,16). The maximum absolute atomic E-state index is 12.9. The Morgan fingerprint density at radius 1 is 1.39 bits per heavy atom. The second-order valence-electron chi connectivity index (χ2n) is 4.37. The summed E-state index contributed by atoms with van der Waals surface area (Å²) >= 11 is 0. The molecule has 2 rings (SSSR count). The average Bonchev–Trinajstić information content (AvgIpc) is 2.81. The van der Waals surface area contributed by atoms with Gasteiger partial charge >= 0.3 is 0 Å². The van der Waals surface area contributed by atoms with E-state index < -0.39 is 22.3 Å². The zero-order valence-electron chi connectivity index (χ0n) is 9.69.